The number of anilines is 1. The number of carbonyl (C=O) groups is 2. The summed E-state index contributed by atoms with van der Waals surface area (Å²) in [6, 6.07) is 13.3. The molecule has 0 aliphatic rings. The zero-order valence-electron chi connectivity index (χ0n) is 20.7. The molecule has 35 heavy (non-hydrogen) atoms. The molecule has 0 saturated heterocycles. The molecule has 2 aromatic carbocycles. The number of amides is 2. The van der Waals surface area contributed by atoms with Crippen LogP contribution in [-0.4, -0.2) is 57.1 Å². The van der Waals surface area contributed by atoms with E-state index in [4.69, 9.17) is 16.3 Å². The van der Waals surface area contributed by atoms with Crippen LogP contribution in [0.25, 0.3) is 0 Å². The van der Waals surface area contributed by atoms with Gasteiger partial charge in [0.2, 0.25) is 21.8 Å². The summed E-state index contributed by atoms with van der Waals surface area (Å²) < 4.78 is 31.9. The fourth-order valence-corrected chi connectivity index (χ4v) is 4.71. The van der Waals surface area contributed by atoms with E-state index < -0.39 is 16.1 Å². The molecule has 2 amide bonds. The van der Waals surface area contributed by atoms with E-state index in [-0.39, 0.29) is 37.7 Å². The number of carbonyl (C=O) groups excluding carboxylic acids is 2. The summed E-state index contributed by atoms with van der Waals surface area (Å²) in [5.74, 6) is -0.0376. The van der Waals surface area contributed by atoms with E-state index in [2.05, 4.69) is 5.32 Å². The van der Waals surface area contributed by atoms with Crippen molar-refractivity contribution in [3.8, 4) is 5.75 Å². The highest BCUT2D eigenvalue weighted by molar-refractivity contribution is 7.92. The van der Waals surface area contributed by atoms with E-state index in [1.807, 2.05) is 26.0 Å². The lowest BCUT2D eigenvalue weighted by Gasteiger charge is -2.29. The third kappa shape index (κ3) is 8.43. The molecule has 2 aromatic rings. The highest BCUT2D eigenvalue weighted by atomic mass is 35.5. The number of rotatable bonds is 13. The first-order valence-corrected chi connectivity index (χ1v) is 13.8. The Hall–Kier alpha value is -2.78. The van der Waals surface area contributed by atoms with Gasteiger partial charge in [-0.05, 0) is 57.0 Å². The van der Waals surface area contributed by atoms with Crippen LogP contribution in [0.3, 0.4) is 0 Å². The first-order valence-electron chi connectivity index (χ1n) is 11.6. The molecule has 0 bridgehead atoms. The summed E-state index contributed by atoms with van der Waals surface area (Å²) in [5.41, 5.74) is 1.26. The zero-order valence-corrected chi connectivity index (χ0v) is 22.2. The zero-order chi connectivity index (χ0) is 26.0. The standard InChI is InChI=1S/C25H34ClN3O5S/c1-5-27-25(31)19(3)28(18-20-13-15-21(26)16-14-20)24(30)12-9-17-29(35(4,32)33)22-10-7-8-11-23(22)34-6-2/h7-8,10-11,13-16,19H,5-6,9,12,17-18H2,1-4H3,(H,27,31)/t19-/m1/s1. The van der Waals surface area contributed by atoms with Crippen molar-refractivity contribution in [2.45, 2.75) is 46.2 Å². The molecule has 2 rings (SSSR count). The third-order valence-electron chi connectivity index (χ3n) is 5.37. The summed E-state index contributed by atoms with van der Waals surface area (Å²) in [5, 5.41) is 3.33. The normalized spacial score (nSPS) is 12.0. The smallest absolute Gasteiger partial charge is 0.242 e. The second-order valence-corrected chi connectivity index (χ2v) is 10.4. The molecular weight excluding hydrogens is 490 g/mol. The molecule has 8 nitrogen and oxygen atoms in total. The lowest BCUT2D eigenvalue weighted by atomic mass is 10.1. The van der Waals surface area contributed by atoms with Gasteiger partial charge < -0.3 is 15.0 Å². The first-order chi connectivity index (χ1) is 16.6. The van der Waals surface area contributed by atoms with Gasteiger partial charge >= 0.3 is 0 Å². The molecule has 0 saturated carbocycles. The molecule has 1 atom stereocenters. The number of halogens is 1. The second-order valence-electron chi connectivity index (χ2n) is 8.06. The molecule has 0 aliphatic carbocycles. The van der Waals surface area contributed by atoms with Crippen LogP contribution in [0.15, 0.2) is 48.5 Å². The average molecular weight is 524 g/mol. The van der Waals surface area contributed by atoms with Gasteiger partial charge in [0.15, 0.2) is 0 Å². The maximum Gasteiger partial charge on any atom is 0.242 e. The summed E-state index contributed by atoms with van der Waals surface area (Å²) in [4.78, 5) is 27.2. The number of para-hydroxylation sites is 2. The van der Waals surface area contributed by atoms with Gasteiger partial charge in [-0.1, -0.05) is 35.9 Å². The Morgan fingerprint density at radius 2 is 1.74 bits per heavy atom. The van der Waals surface area contributed by atoms with Crippen molar-refractivity contribution < 1.29 is 22.7 Å². The van der Waals surface area contributed by atoms with Gasteiger partial charge in [0.05, 0.1) is 18.6 Å². The van der Waals surface area contributed by atoms with E-state index in [1.165, 1.54) is 9.21 Å². The molecule has 192 valence electrons. The highest BCUT2D eigenvalue weighted by Crippen LogP contribution is 2.30. The maximum absolute atomic E-state index is 13.2. The van der Waals surface area contributed by atoms with Crippen molar-refractivity contribution in [2.75, 3.05) is 30.3 Å². The first kappa shape index (κ1) is 28.5. The number of likely N-dealkylation sites (N-methyl/N-ethyl adjacent to an activating group) is 1. The number of hydrogen-bond acceptors (Lipinski definition) is 5. The Bertz CT molecular complexity index is 1090. The van der Waals surface area contributed by atoms with Crippen LogP contribution < -0.4 is 14.4 Å². The Morgan fingerprint density at radius 3 is 2.34 bits per heavy atom. The maximum atomic E-state index is 13.2. The van der Waals surface area contributed by atoms with Crippen molar-refractivity contribution in [3.05, 3.63) is 59.1 Å². The lowest BCUT2D eigenvalue weighted by molar-refractivity contribution is -0.140. The molecule has 0 aromatic heterocycles. The van der Waals surface area contributed by atoms with E-state index in [0.717, 1.165) is 11.8 Å². The third-order valence-corrected chi connectivity index (χ3v) is 6.80. The lowest BCUT2D eigenvalue weighted by Crippen LogP contribution is -2.47. The Balaban J connectivity index is 2.18. The fourth-order valence-electron chi connectivity index (χ4n) is 3.61. The number of sulfonamides is 1. The van der Waals surface area contributed by atoms with Crippen molar-refractivity contribution in [3.63, 3.8) is 0 Å². The van der Waals surface area contributed by atoms with Gasteiger partial charge in [0.1, 0.15) is 11.8 Å². The number of ether oxygens (including phenoxy) is 1. The molecule has 0 spiro atoms. The molecule has 0 heterocycles. The van der Waals surface area contributed by atoms with Crippen molar-refractivity contribution in [1.82, 2.24) is 10.2 Å². The Morgan fingerprint density at radius 1 is 1.09 bits per heavy atom. The Labute approximate surface area is 213 Å². The molecule has 0 radical (unpaired) electrons. The minimum atomic E-state index is -3.61. The molecule has 0 fully saturated rings. The molecule has 0 unspecified atom stereocenters. The van der Waals surface area contributed by atoms with Crippen LogP contribution in [0.1, 0.15) is 39.2 Å². The summed E-state index contributed by atoms with van der Waals surface area (Å²) in [6.07, 6.45) is 1.47. The molecule has 0 aliphatic heterocycles. The van der Waals surface area contributed by atoms with E-state index in [0.29, 0.717) is 29.6 Å². The quantitative estimate of drug-likeness (QED) is 0.430. The fraction of sp³-hybridized carbons (Fsp3) is 0.440. The highest BCUT2D eigenvalue weighted by Gasteiger charge is 2.27. The minimum Gasteiger partial charge on any atom is -0.492 e. The molecule has 1 N–H and O–H groups in total. The van der Waals surface area contributed by atoms with Crippen LogP contribution in [0.2, 0.25) is 5.02 Å². The van der Waals surface area contributed by atoms with Crippen LogP contribution in [0.5, 0.6) is 5.75 Å². The van der Waals surface area contributed by atoms with Crippen LogP contribution in [0, 0.1) is 0 Å². The topological polar surface area (TPSA) is 96.0 Å². The predicted molar refractivity (Wildman–Crippen MR) is 139 cm³/mol. The van der Waals surface area contributed by atoms with E-state index in [1.54, 1.807) is 43.3 Å². The largest absolute Gasteiger partial charge is 0.492 e. The van der Waals surface area contributed by atoms with E-state index >= 15 is 0 Å². The van der Waals surface area contributed by atoms with Crippen LogP contribution >= 0.6 is 11.6 Å². The summed E-state index contributed by atoms with van der Waals surface area (Å²) in [7, 11) is -3.61. The van der Waals surface area contributed by atoms with Gasteiger partial charge in [0.25, 0.3) is 0 Å². The summed E-state index contributed by atoms with van der Waals surface area (Å²) >= 11 is 5.97. The van der Waals surface area contributed by atoms with E-state index in [9.17, 15) is 18.0 Å². The molecular formula is C25H34ClN3O5S. The van der Waals surface area contributed by atoms with Gasteiger partial charge in [-0.3, -0.25) is 13.9 Å². The second kappa shape index (κ2) is 13.3. The van der Waals surface area contributed by atoms with Gasteiger partial charge in [-0.2, -0.15) is 0 Å². The van der Waals surface area contributed by atoms with Crippen molar-refractivity contribution in [2.24, 2.45) is 0 Å². The van der Waals surface area contributed by atoms with Gasteiger partial charge in [-0.25, -0.2) is 8.42 Å². The van der Waals surface area contributed by atoms with Crippen molar-refractivity contribution in [1.29, 1.82) is 0 Å². The number of nitrogens with zero attached hydrogens (tertiary/aromatic N) is 2. The number of hydrogen-bond donors (Lipinski definition) is 1. The average Bonchev–Trinajstić information content (AvgIpc) is 2.81. The van der Waals surface area contributed by atoms with Gasteiger partial charge in [0, 0.05) is 31.1 Å². The van der Waals surface area contributed by atoms with Crippen LogP contribution in [0.4, 0.5) is 5.69 Å². The van der Waals surface area contributed by atoms with Crippen LogP contribution in [-0.2, 0) is 26.2 Å². The predicted octanol–water partition coefficient (Wildman–Crippen LogP) is 3.84. The monoisotopic (exact) mass is 523 g/mol. The van der Waals surface area contributed by atoms with Crippen molar-refractivity contribution >= 4 is 39.1 Å². The number of nitrogens with one attached hydrogen (secondary N) is 1. The molecule has 10 heteroatoms. The Kier molecular flexibility index (Phi) is 10.9. The minimum absolute atomic E-state index is 0.0696. The summed E-state index contributed by atoms with van der Waals surface area (Å²) in [6.45, 7) is 6.50. The van der Waals surface area contributed by atoms with Gasteiger partial charge in [-0.15, -0.1) is 0 Å². The number of benzene rings is 2. The SMILES string of the molecule is CCNC(=O)[C@@H](C)N(Cc1ccc(Cl)cc1)C(=O)CCCN(c1ccccc1OCC)S(C)(=O)=O.